The summed E-state index contributed by atoms with van der Waals surface area (Å²) in [5.41, 5.74) is 3.13. The van der Waals surface area contributed by atoms with Crippen molar-refractivity contribution in [2.45, 2.75) is 19.3 Å². The van der Waals surface area contributed by atoms with Gasteiger partial charge in [-0.25, -0.2) is 0 Å². The minimum Gasteiger partial charge on any atom is -0.492 e. The Morgan fingerprint density at radius 1 is 1.18 bits per heavy atom. The van der Waals surface area contributed by atoms with Gasteiger partial charge in [0.2, 0.25) is 0 Å². The third kappa shape index (κ3) is 1.35. The lowest BCUT2D eigenvalue weighted by Crippen LogP contribution is -1.98. The Labute approximate surface area is 99.7 Å². The van der Waals surface area contributed by atoms with Crippen LogP contribution in [0.5, 0.6) is 17.2 Å². The lowest BCUT2D eigenvalue weighted by molar-refractivity contribution is 0.324. The highest BCUT2D eigenvalue weighted by atomic mass is 16.5. The van der Waals surface area contributed by atoms with Crippen molar-refractivity contribution in [3.8, 4) is 23.3 Å². The number of hydrogen-bond acceptors (Lipinski definition) is 4. The fourth-order valence-electron chi connectivity index (χ4n) is 2.64. The lowest BCUT2D eigenvalue weighted by atomic mass is 9.96. The Hall–Kier alpha value is -1.89. The molecule has 0 saturated carbocycles. The first kappa shape index (κ1) is 10.3. The maximum atomic E-state index is 8.93. The van der Waals surface area contributed by atoms with Gasteiger partial charge in [0.25, 0.3) is 0 Å². The predicted molar refractivity (Wildman–Crippen MR) is 60.7 cm³/mol. The van der Waals surface area contributed by atoms with Gasteiger partial charge in [0.05, 0.1) is 32.8 Å². The van der Waals surface area contributed by atoms with Crippen LogP contribution in [0.3, 0.4) is 0 Å². The van der Waals surface area contributed by atoms with Crippen LogP contribution in [0.1, 0.15) is 16.7 Å². The average molecular weight is 231 g/mol. The molecule has 0 aliphatic carbocycles. The summed E-state index contributed by atoms with van der Waals surface area (Å²) in [6.45, 7) is 1.32. The van der Waals surface area contributed by atoms with Crippen molar-refractivity contribution < 1.29 is 14.2 Å². The molecule has 0 bridgehead atoms. The quantitative estimate of drug-likeness (QED) is 0.776. The zero-order valence-electron chi connectivity index (χ0n) is 9.71. The van der Waals surface area contributed by atoms with Crippen LogP contribution in [0, 0.1) is 11.3 Å². The molecule has 0 unspecified atom stereocenters. The number of ether oxygens (including phenoxy) is 3. The monoisotopic (exact) mass is 231 g/mol. The van der Waals surface area contributed by atoms with Crippen molar-refractivity contribution >= 4 is 0 Å². The van der Waals surface area contributed by atoms with Crippen LogP contribution < -0.4 is 14.2 Å². The number of benzene rings is 1. The Morgan fingerprint density at radius 3 is 2.59 bits per heavy atom. The van der Waals surface area contributed by atoms with Crippen molar-refractivity contribution in [3.05, 3.63) is 16.7 Å². The second kappa shape index (κ2) is 3.85. The minimum absolute atomic E-state index is 0.373. The van der Waals surface area contributed by atoms with Crippen molar-refractivity contribution in [3.63, 3.8) is 0 Å². The summed E-state index contributed by atoms with van der Waals surface area (Å²) in [4.78, 5) is 0. The second-order valence-electron chi connectivity index (χ2n) is 4.16. The molecule has 1 aromatic carbocycles. The molecule has 0 amide bonds. The van der Waals surface area contributed by atoms with Crippen molar-refractivity contribution in [1.29, 1.82) is 5.26 Å². The number of methoxy groups -OCH3 is 1. The summed E-state index contributed by atoms with van der Waals surface area (Å²) in [7, 11) is 1.65. The van der Waals surface area contributed by atoms with Gasteiger partial charge in [-0.3, -0.25) is 0 Å². The van der Waals surface area contributed by atoms with Crippen molar-refractivity contribution in [1.82, 2.24) is 0 Å². The van der Waals surface area contributed by atoms with E-state index >= 15 is 0 Å². The highest BCUT2D eigenvalue weighted by Crippen LogP contribution is 2.48. The van der Waals surface area contributed by atoms with Crippen molar-refractivity contribution in [2.24, 2.45) is 0 Å². The molecule has 88 valence electrons. The molecule has 17 heavy (non-hydrogen) atoms. The molecule has 2 aliphatic heterocycles. The van der Waals surface area contributed by atoms with Crippen LogP contribution >= 0.6 is 0 Å². The van der Waals surface area contributed by atoms with Crippen LogP contribution in [0.2, 0.25) is 0 Å². The Balaban J connectivity index is 2.27. The zero-order chi connectivity index (χ0) is 11.8. The van der Waals surface area contributed by atoms with Gasteiger partial charge in [0.15, 0.2) is 11.5 Å². The van der Waals surface area contributed by atoms with E-state index in [1.165, 1.54) is 0 Å². The first-order valence-electron chi connectivity index (χ1n) is 5.74. The molecule has 0 fully saturated rings. The molecule has 4 heteroatoms. The molecule has 1 aromatic rings. The highest BCUT2D eigenvalue weighted by molar-refractivity contribution is 5.66. The number of nitriles is 1. The second-order valence-corrected chi connectivity index (χ2v) is 4.16. The Morgan fingerprint density at radius 2 is 1.88 bits per heavy atom. The van der Waals surface area contributed by atoms with Gasteiger partial charge in [-0.2, -0.15) is 5.26 Å². The van der Waals surface area contributed by atoms with Gasteiger partial charge >= 0.3 is 0 Å². The first-order chi connectivity index (χ1) is 8.36. The van der Waals surface area contributed by atoms with Crippen LogP contribution in [-0.4, -0.2) is 20.3 Å². The summed E-state index contributed by atoms with van der Waals surface area (Å²) in [5.74, 6) is 2.47. The molecule has 0 spiro atoms. The van der Waals surface area contributed by atoms with E-state index in [0.717, 1.165) is 46.8 Å². The van der Waals surface area contributed by atoms with Crippen molar-refractivity contribution in [2.75, 3.05) is 20.3 Å². The number of nitrogens with zero attached hydrogens (tertiary/aromatic N) is 1. The van der Waals surface area contributed by atoms with Crippen LogP contribution in [0.15, 0.2) is 0 Å². The highest BCUT2D eigenvalue weighted by Gasteiger charge is 2.31. The molecule has 2 heterocycles. The van der Waals surface area contributed by atoms with E-state index in [1.807, 2.05) is 0 Å². The van der Waals surface area contributed by atoms with Gasteiger partial charge < -0.3 is 14.2 Å². The average Bonchev–Trinajstić information content (AvgIpc) is 2.96. The summed E-state index contributed by atoms with van der Waals surface area (Å²) in [6.07, 6.45) is 2.03. The smallest absolute Gasteiger partial charge is 0.168 e. The predicted octanol–water partition coefficient (Wildman–Crippen LogP) is 1.63. The van der Waals surface area contributed by atoms with Crippen LogP contribution in [-0.2, 0) is 19.3 Å². The van der Waals surface area contributed by atoms with E-state index in [0.29, 0.717) is 19.6 Å². The van der Waals surface area contributed by atoms with Crippen LogP contribution in [0.4, 0.5) is 0 Å². The molecule has 0 radical (unpaired) electrons. The molecule has 0 N–H and O–H groups in total. The topological polar surface area (TPSA) is 51.5 Å². The number of rotatable bonds is 2. The van der Waals surface area contributed by atoms with E-state index in [2.05, 4.69) is 6.07 Å². The van der Waals surface area contributed by atoms with E-state index < -0.39 is 0 Å². The van der Waals surface area contributed by atoms with Crippen LogP contribution in [0.25, 0.3) is 0 Å². The molecule has 4 nitrogen and oxygen atoms in total. The SMILES string of the molecule is COc1c2c(c(CC#N)c3c1OCC3)OCC2. The van der Waals surface area contributed by atoms with Gasteiger partial charge in [-0.05, 0) is 0 Å². The molecule has 2 aliphatic rings. The standard InChI is InChI=1S/C13H13NO3/c1-15-12-10-4-7-16-11(10)8(2-5-14)9-3-6-17-13(9)12/h2-4,6-7H2,1H3. The van der Waals surface area contributed by atoms with Gasteiger partial charge in [0, 0.05) is 29.5 Å². The van der Waals surface area contributed by atoms with E-state index in [1.54, 1.807) is 7.11 Å². The summed E-state index contributed by atoms with van der Waals surface area (Å²) in [5, 5.41) is 8.93. The minimum atomic E-state index is 0.373. The molecule has 0 aromatic heterocycles. The zero-order valence-corrected chi connectivity index (χ0v) is 9.71. The Kier molecular flexibility index (Phi) is 2.32. The molecule has 0 atom stereocenters. The fraction of sp³-hybridized carbons (Fsp3) is 0.462. The lowest BCUT2D eigenvalue weighted by Gasteiger charge is -2.14. The van der Waals surface area contributed by atoms with E-state index in [9.17, 15) is 0 Å². The third-order valence-electron chi connectivity index (χ3n) is 3.32. The van der Waals surface area contributed by atoms with E-state index in [-0.39, 0.29) is 0 Å². The Bertz CT molecular complexity index is 481. The molecule has 0 saturated heterocycles. The maximum absolute atomic E-state index is 8.93. The summed E-state index contributed by atoms with van der Waals surface area (Å²) >= 11 is 0. The van der Waals surface area contributed by atoms with Gasteiger partial charge in [-0.15, -0.1) is 0 Å². The van der Waals surface area contributed by atoms with E-state index in [4.69, 9.17) is 19.5 Å². The normalized spacial score (nSPS) is 15.5. The third-order valence-corrected chi connectivity index (χ3v) is 3.32. The van der Waals surface area contributed by atoms with Gasteiger partial charge in [-0.1, -0.05) is 0 Å². The maximum Gasteiger partial charge on any atom is 0.168 e. The number of fused-ring (bicyclic) bond motifs is 2. The molecule has 3 rings (SSSR count). The summed E-state index contributed by atoms with van der Waals surface area (Å²) < 4.78 is 16.8. The molecular weight excluding hydrogens is 218 g/mol. The summed E-state index contributed by atoms with van der Waals surface area (Å²) in [6, 6.07) is 2.20. The number of hydrogen-bond donors (Lipinski definition) is 0. The fourth-order valence-corrected chi connectivity index (χ4v) is 2.64. The largest absolute Gasteiger partial charge is 0.492 e. The molecular formula is C13H13NO3. The first-order valence-corrected chi connectivity index (χ1v) is 5.74. The van der Waals surface area contributed by atoms with Gasteiger partial charge in [0.1, 0.15) is 5.75 Å².